The zero-order valence-electron chi connectivity index (χ0n) is 17.4. The summed E-state index contributed by atoms with van der Waals surface area (Å²) in [6, 6.07) is 19.4. The Morgan fingerprint density at radius 1 is 1.19 bits per heavy atom. The lowest BCUT2D eigenvalue weighted by Gasteiger charge is -2.13. The minimum absolute atomic E-state index is 0.143. The van der Waals surface area contributed by atoms with Gasteiger partial charge in [0, 0.05) is 24.6 Å². The van der Waals surface area contributed by atoms with Crippen molar-refractivity contribution in [3.63, 3.8) is 0 Å². The first-order valence-electron chi connectivity index (χ1n) is 10.1. The van der Waals surface area contributed by atoms with Crippen molar-refractivity contribution in [3.8, 4) is 11.3 Å². The minimum Gasteiger partial charge on any atom is -0.359 e. The highest BCUT2D eigenvalue weighted by atomic mass is 32.2. The molecule has 2 aromatic carbocycles. The average Bonchev–Trinajstić information content (AvgIpc) is 3.37. The van der Waals surface area contributed by atoms with Crippen molar-refractivity contribution in [2.24, 2.45) is 0 Å². The molecule has 1 aliphatic heterocycles. The van der Waals surface area contributed by atoms with E-state index in [1.807, 2.05) is 67.6 Å². The van der Waals surface area contributed by atoms with Crippen molar-refractivity contribution in [1.82, 2.24) is 15.4 Å². The maximum Gasteiger partial charge on any atom is 0.266 e. The van der Waals surface area contributed by atoms with Crippen LogP contribution in [0.5, 0.6) is 0 Å². The summed E-state index contributed by atoms with van der Waals surface area (Å²) in [7, 11) is 0. The maximum absolute atomic E-state index is 12.7. The van der Waals surface area contributed by atoms with Crippen molar-refractivity contribution < 1.29 is 14.1 Å². The van der Waals surface area contributed by atoms with Crippen LogP contribution in [0.15, 0.2) is 70.1 Å². The number of nitrogens with zero attached hydrogens (tertiary/aromatic N) is 2. The summed E-state index contributed by atoms with van der Waals surface area (Å²) in [5.74, 6) is 0.194. The Kier molecular flexibility index (Phi) is 6.82. The lowest BCUT2D eigenvalue weighted by atomic mass is 10.1. The Bertz CT molecular complexity index is 1170. The topological polar surface area (TPSA) is 75.4 Å². The van der Waals surface area contributed by atoms with Gasteiger partial charge < -0.3 is 9.84 Å². The lowest BCUT2D eigenvalue weighted by molar-refractivity contribution is -0.124. The lowest BCUT2D eigenvalue weighted by Crippen LogP contribution is -2.33. The maximum atomic E-state index is 12.7. The van der Waals surface area contributed by atoms with E-state index in [4.69, 9.17) is 16.7 Å². The highest BCUT2D eigenvalue weighted by Crippen LogP contribution is 2.32. The van der Waals surface area contributed by atoms with Gasteiger partial charge in [0.15, 0.2) is 5.76 Å². The molecule has 1 aliphatic rings. The van der Waals surface area contributed by atoms with Gasteiger partial charge in [-0.15, -0.1) is 0 Å². The number of aromatic nitrogens is 1. The second-order valence-electron chi connectivity index (χ2n) is 7.32. The first kappa shape index (κ1) is 22.0. The summed E-state index contributed by atoms with van der Waals surface area (Å²) in [5.41, 5.74) is 3.77. The number of rotatable bonds is 7. The van der Waals surface area contributed by atoms with Crippen molar-refractivity contribution >= 4 is 46.2 Å². The molecule has 1 aromatic heterocycles. The molecule has 0 unspecified atom stereocenters. The van der Waals surface area contributed by atoms with Gasteiger partial charge >= 0.3 is 0 Å². The third-order valence-corrected chi connectivity index (χ3v) is 6.28. The molecule has 0 spiro atoms. The van der Waals surface area contributed by atoms with Crippen molar-refractivity contribution in [3.05, 3.63) is 82.5 Å². The normalized spacial score (nSPS) is 14.9. The SMILES string of the molecule is Cc1ccc(-c2cc(CNC(=O)CCN3C(=O)/C(=C/c4ccccc4)SC3=S)on2)cc1. The van der Waals surface area contributed by atoms with E-state index in [1.54, 1.807) is 6.07 Å². The molecule has 8 heteroatoms. The van der Waals surface area contributed by atoms with Crippen LogP contribution < -0.4 is 5.32 Å². The molecule has 0 bridgehead atoms. The Morgan fingerprint density at radius 3 is 2.69 bits per heavy atom. The third kappa shape index (κ3) is 5.33. The first-order valence-corrected chi connectivity index (χ1v) is 11.3. The minimum atomic E-state index is -0.195. The zero-order chi connectivity index (χ0) is 22.5. The summed E-state index contributed by atoms with van der Waals surface area (Å²) < 4.78 is 5.78. The molecule has 0 saturated carbocycles. The number of carbonyl (C=O) groups excluding carboxylic acids is 2. The Labute approximate surface area is 195 Å². The molecular formula is C24H21N3O3S2. The second-order valence-corrected chi connectivity index (χ2v) is 8.99. The van der Waals surface area contributed by atoms with Gasteiger partial charge in [-0.3, -0.25) is 14.5 Å². The zero-order valence-corrected chi connectivity index (χ0v) is 19.0. The van der Waals surface area contributed by atoms with Gasteiger partial charge in [0.2, 0.25) is 5.91 Å². The molecule has 2 amide bonds. The van der Waals surface area contributed by atoms with Crippen LogP contribution in [-0.2, 0) is 16.1 Å². The van der Waals surface area contributed by atoms with Crippen molar-refractivity contribution in [1.29, 1.82) is 0 Å². The number of amides is 2. The Hall–Kier alpha value is -3.23. The molecule has 0 radical (unpaired) electrons. The monoisotopic (exact) mass is 463 g/mol. The van der Waals surface area contributed by atoms with E-state index < -0.39 is 0 Å². The van der Waals surface area contributed by atoms with Crippen LogP contribution >= 0.6 is 24.0 Å². The van der Waals surface area contributed by atoms with Crippen LogP contribution in [0.3, 0.4) is 0 Å². The summed E-state index contributed by atoms with van der Waals surface area (Å²) in [5, 5.41) is 6.86. The number of aryl methyl sites for hydroxylation is 1. The predicted molar refractivity (Wildman–Crippen MR) is 129 cm³/mol. The average molecular weight is 464 g/mol. The van der Waals surface area contributed by atoms with E-state index in [-0.39, 0.29) is 31.3 Å². The smallest absolute Gasteiger partial charge is 0.266 e. The number of thiocarbonyl (C=S) groups is 1. The summed E-state index contributed by atoms with van der Waals surface area (Å²) in [4.78, 5) is 27.0. The van der Waals surface area contributed by atoms with Crippen LogP contribution in [0.25, 0.3) is 17.3 Å². The van der Waals surface area contributed by atoms with Crippen LogP contribution in [0.2, 0.25) is 0 Å². The highest BCUT2D eigenvalue weighted by Gasteiger charge is 2.32. The van der Waals surface area contributed by atoms with E-state index in [2.05, 4.69) is 10.5 Å². The van der Waals surface area contributed by atoms with E-state index in [1.165, 1.54) is 22.2 Å². The van der Waals surface area contributed by atoms with E-state index in [0.29, 0.717) is 15.0 Å². The van der Waals surface area contributed by atoms with Crippen LogP contribution in [0, 0.1) is 6.92 Å². The molecule has 6 nitrogen and oxygen atoms in total. The van der Waals surface area contributed by atoms with Crippen LogP contribution in [-0.4, -0.2) is 32.7 Å². The predicted octanol–water partition coefficient (Wildman–Crippen LogP) is 4.56. The largest absolute Gasteiger partial charge is 0.359 e. The van der Waals surface area contributed by atoms with Gasteiger partial charge in [0.1, 0.15) is 10.0 Å². The fourth-order valence-electron chi connectivity index (χ4n) is 3.14. The Balaban J connectivity index is 1.28. The van der Waals surface area contributed by atoms with Crippen molar-refractivity contribution in [2.45, 2.75) is 19.9 Å². The first-order chi connectivity index (χ1) is 15.5. The summed E-state index contributed by atoms with van der Waals surface area (Å²) in [6.07, 6.45) is 1.96. The second kappa shape index (κ2) is 9.93. The van der Waals surface area contributed by atoms with Crippen molar-refractivity contribution in [2.75, 3.05) is 6.54 Å². The molecular weight excluding hydrogens is 442 g/mol. The molecule has 1 saturated heterocycles. The van der Waals surface area contributed by atoms with Gasteiger partial charge in [-0.2, -0.15) is 0 Å². The van der Waals surface area contributed by atoms with Gasteiger partial charge in [0.05, 0.1) is 11.4 Å². The molecule has 4 rings (SSSR count). The number of thioether (sulfide) groups is 1. The Morgan fingerprint density at radius 2 is 1.94 bits per heavy atom. The van der Waals surface area contributed by atoms with E-state index >= 15 is 0 Å². The number of hydrogen-bond donors (Lipinski definition) is 1. The van der Waals surface area contributed by atoms with Gasteiger partial charge in [-0.1, -0.05) is 89.3 Å². The molecule has 0 aliphatic carbocycles. The van der Waals surface area contributed by atoms with E-state index in [9.17, 15) is 9.59 Å². The molecule has 1 fully saturated rings. The molecule has 1 N–H and O–H groups in total. The fraction of sp³-hybridized carbons (Fsp3) is 0.167. The summed E-state index contributed by atoms with van der Waals surface area (Å²) >= 11 is 6.59. The fourth-order valence-corrected chi connectivity index (χ4v) is 4.45. The van der Waals surface area contributed by atoms with Gasteiger partial charge in [0.25, 0.3) is 5.91 Å². The quantitative estimate of drug-likeness (QED) is 0.409. The molecule has 162 valence electrons. The highest BCUT2D eigenvalue weighted by molar-refractivity contribution is 8.26. The molecule has 3 aromatic rings. The number of hydrogen-bond acceptors (Lipinski definition) is 6. The van der Waals surface area contributed by atoms with Crippen LogP contribution in [0.1, 0.15) is 23.3 Å². The number of carbonyl (C=O) groups is 2. The van der Waals surface area contributed by atoms with Crippen LogP contribution in [0.4, 0.5) is 0 Å². The molecule has 2 heterocycles. The summed E-state index contributed by atoms with van der Waals surface area (Å²) in [6.45, 7) is 2.48. The van der Waals surface area contributed by atoms with Gasteiger partial charge in [-0.05, 0) is 18.6 Å². The standard InChI is InChI=1S/C24H21N3O3S2/c1-16-7-9-18(10-8-16)20-14-19(30-26-20)15-25-22(28)11-12-27-23(29)21(32-24(27)31)13-17-5-3-2-4-6-17/h2-10,13-14H,11-12,15H2,1H3,(H,25,28)/b21-13-. The molecule has 0 atom stereocenters. The number of benzene rings is 2. The van der Waals surface area contributed by atoms with Gasteiger partial charge in [-0.25, -0.2) is 0 Å². The third-order valence-electron chi connectivity index (χ3n) is 4.90. The molecule has 32 heavy (non-hydrogen) atoms. The number of nitrogens with one attached hydrogen (secondary N) is 1. The van der Waals surface area contributed by atoms with E-state index in [0.717, 1.165) is 16.8 Å².